The van der Waals surface area contributed by atoms with Crippen LogP contribution in [-0.4, -0.2) is 98.3 Å². The van der Waals surface area contributed by atoms with Crippen LogP contribution in [0.5, 0.6) is 0 Å². The minimum Gasteiger partial charge on any atom is -0.374 e. The van der Waals surface area contributed by atoms with Gasteiger partial charge in [-0.15, -0.1) is 10.2 Å². The van der Waals surface area contributed by atoms with Crippen molar-refractivity contribution in [1.29, 1.82) is 0 Å². The molecule has 4 bridgehead atoms. The summed E-state index contributed by atoms with van der Waals surface area (Å²) in [5.74, 6) is 2.56. The summed E-state index contributed by atoms with van der Waals surface area (Å²) in [6, 6.07) is 12.5. The van der Waals surface area contributed by atoms with Gasteiger partial charge in [0.2, 0.25) is 0 Å². The smallest absolute Gasteiger partial charge is 0.189 e. The Morgan fingerprint density at radius 3 is 2.45 bits per heavy atom. The highest BCUT2D eigenvalue weighted by molar-refractivity contribution is 7.22. The summed E-state index contributed by atoms with van der Waals surface area (Å²) in [6.07, 6.45) is 13.5. The van der Waals surface area contributed by atoms with E-state index in [4.69, 9.17) is 24.9 Å². The predicted molar refractivity (Wildman–Crippen MR) is 224 cm³/mol. The molecule has 1 saturated heterocycles. The average molecular weight is 773 g/mol. The quantitative estimate of drug-likeness (QED) is 0.150. The maximum atomic E-state index is 7.09. The molecule has 6 heterocycles. The molecule has 12 heteroatoms. The van der Waals surface area contributed by atoms with E-state index in [0.29, 0.717) is 10.8 Å². The summed E-state index contributed by atoms with van der Waals surface area (Å²) < 4.78 is 10.5. The molecule has 294 valence electrons. The monoisotopic (exact) mass is 772 g/mol. The number of aromatic nitrogens is 6. The van der Waals surface area contributed by atoms with Gasteiger partial charge in [-0.2, -0.15) is 5.10 Å². The molecule has 4 aromatic heterocycles. The molecule has 2 unspecified atom stereocenters. The lowest BCUT2D eigenvalue weighted by Gasteiger charge is -2.69. The Hall–Kier alpha value is -3.97. The zero-order valence-electron chi connectivity index (χ0n) is 33.8. The number of hydrogen-bond donors (Lipinski definition) is 1. The van der Waals surface area contributed by atoms with Gasteiger partial charge in [0.05, 0.1) is 28.6 Å². The largest absolute Gasteiger partial charge is 0.374 e. The second-order valence-corrected chi connectivity index (χ2v) is 19.9. The minimum atomic E-state index is -0.0149. The van der Waals surface area contributed by atoms with Gasteiger partial charge in [0, 0.05) is 80.0 Å². The van der Waals surface area contributed by atoms with Gasteiger partial charge < -0.3 is 19.9 Å². The van der Waals surface area contributed by atoms with Crippen molar-refractivity contribution in [2.24, 2.45) is 16.2 Å². The number of nitrogens with one attached hydrogen (secondary N) is 1. The summed E-state index contributed by atoms with van der Waals surface area (Å²) >= 11 is 1.63. The lowest BCUT2D eigenvalue weighted by molar-refractivity contribution is -0.249. The van der Waals surface area contributed by atoms with Crippen molar-refractivity contribution in [2.75, 3.05) is 63.1 Å². The number of anilines is 4. The summed E-state index contributed by atoms with van der Waals surface area (Å²) in [6.45, 7) is 17.8. The van der Waals surface area contributed by atoms with Crippen LogP contribution in [-0.2, 0) is 17.7 Å². The van der Waals surface area contributed by atoms with Crippen molar-refractivity contribution in [3.8, 4) is 11.1 Å². The van der Waals surface area contributed by atoms with Crippen molar-refractivity contribution >= 4 is 44.1 Å². The molecule has 4 aliphatic carbocycles. The van der Waals surface area contributed by atoms with Crippen LogP contribution in [0, 0.1) is 30.1 Å². The molecule has 11 rings (SSSR count). The highest BCUT2D eigenvalue weighted by Crippen LogP contribution is 2.72. The second kappa shape index (κ2) is 13.6. The Morgan fingerprint density at radius 2 is 1.68 bits per heavy atom. The summed E-state index contributed by atoms with van der Waals surface area (Å²) in [4.78, 5) is 17.0. The fourth-order valence-electron chi connectivity index (χ4n) is 12.5. The van der Waals surface area contributed by atoms with Crippen molar-refractivity contribution in [3.63, 3.8) is 0 Å². The molecule has 5 aromatic rings. The van der Waals surface area contributed by atoms with Gasteiger partial charge in [-0.05, 0) is 113 Å². The van der Waals surface area contributed by atoms with Gasteiger partial charge in [-0.1, -0.05) is 37.3 Å². The van der Waals surface area contributed by atoms with Crippen molar-refractivity contribution in [3.05, 3.63) is 65.6 Å². The number of para-hydroxylation sites is 1. The molecule has 6 aliphatic rings. The molecule has 2 atom stereocenters. The first-order valence-electron chi connectivity index (χ1n) is 20.8. The number of nitrogens with zero attached hydrogens (tertiary/aromatic N) is 9. The Bertz CT molecular complexity index is 2210. The van der Waals surface area contributed by atoms with Gasteiger partial charge >= 0.3 is 0 Å². The molecule has 5 fully saturated rings. The SMILES string of the molecule is Cc1c(Nc2nc3ccccc3s2)nnc2c1CCCN2c1ccc(-c2cnn(CC34CC5(C)CC(C)(C3)CC(OCCN3CCN(C)CC3)(C5)C4)c2C)cn1. The highest BCUT2D eigenvalue weighted by Gasteiger charge is 2.66. The van der Waals surface area contributed by atoms with Crippen LogP contribution in [0.2, 0.25) is 0 Å². The molecular formula is C44H56N10OS. The van der Waals surface area contributed by atoms with Gasteiger partial charge in [-0.25, -0.2) is 9.97 Å². The van der Waals surface area contributed by atoms with Crippen molar-refractivity contribution < 1.29 is 4.74 Å². The summed E-state index contributed by atoms with van der Waals surface area (Å²) in [5, 5.41) is 18.8. The van der Waals surface area contributed by atoms with Crippen molar-refractivity contribution in [2.45, 2.75) is 91.2 Å². The van der Waals surface area contributed by atoms with Crippen LogP contribution in [0.25, 0.3) is 21.3 Å². The van der Waals surface area contributed by atoms with E-state index in [1.807, 2.05) is 24.4 Å². The van der Waals surface area contributed by atoms with E-state index in [1.54, 1.807) is 11.3 Å². The fourth-order valence-corrected chi connectivity index (χ4v) is 13.3. The Morgan fingerprint density at radius 1 is 0.875 bits per heavy atom. The van der Waals surface area contributed by atoms with Gasteiger partial charge in [0.15, 0.2) is 16.8 Å². The van der Waals surface area contributed by atoms with Gasteiger partial charge in [0.25, 0.3) is 0 Å². The van der Waals surface area contributed by atoms with Crippen LogP contribution in [0.3, 0.4) is 0 Å². The maximum absolute atomic E-state index is 7.09. The molecule has 0 radical (unpaired) electrons. The molecule has 1 N–H and O–H groups in total. The molecule has 2 aliphatic heterocycles. The topological polar surface area (TPSA) is 100 Å². The highest BCUT2D eigenvalue weighted by atomic mass is 32.1. The standard InChI is InChI=1S/C44H56N10OS/c1-30-33-9-8-14-53(39(33)50-49-38(30)48-40-47-35-10-6-7-11-36(35)56-40)37-13-12-32(21-45-37)34-22-46-54(31(34)2)29-43-24-41(3)23-42(4,25-43)27-44(26-41,28-43)55-20-19-52-17-15-51(5)16-18-52/h6-7,10-13,21-22H,8-9,14-20,23-29H2,1-5H3,(H,47,48,49). The lowest BCUT2D eigenvalue weighted by atomic mass is 9.39. The lowest BCUT2D eigenvalue weighted by Crippen LogP contribution is -2.64. The van der Waals surface area contributed by atoms with Gasteiger partial charge in [0.1, 0.15) is 5.82 Å². The fraction of sp³-hybridized carbons (Fsp3) is 0.568. The zero-order valence-corrected chi connectivity index (χ0v) is 34.6. The number of benzene rings is 1. The average Bonchev–Trinajstić information content (AvgIpc) is 3.74. The van der Waals surface area contributed by atoms with Crippen LogP contribution < -0.4 is 10.2 Å². The first kappa shape index (κ1) is 36.4. The summed E-state index contributed by atoms with van der Waals surface area (Å²) in [5.41, 5.74) is 7.63. The maximum Gasteiger partial charge on any atom is 0.189 e. The summed E-state index contributed by atoms with van der Waals surface area (Å²) in [7, 11) is 2.23. The molecule has 56 heavy (non-hydrogen) atoms. The first-order chi connectivity index (χ1) is 27.0. The van der Waals surface area contributed by atoms with E-state index >= 15 is 0 Å². The van der Waals surface area contributed by atoms with Crippen LogP contribution >= 0.6 is 11.3 Å². The predicted octanol–water partition coefficient (Wildman–Crippen LogP) is 8.17. The molecule has 4 saturated carbocycles. The molecule has 11 nitrogen and oxygen atoms in total. The van der Waals surface area contributed by atoms with E-state index in [9.17, 15) is 0 Å². The van der Waals surface area contributed by atoms with Crippen LogP contribution in [0.15, 0.2) is 48.8 Å². The number of hydrogen-bond acceptors (Lipinski definition) is 11. The number of likely N-dealkylation sites (N-methyl/N-ethyl adjacent to an activating group) is 1. The van der Waals surface area contributed by atoms with Crippen LogP contribution in [0.4, 0.5) is 22.6 Å². The van der Waals surface area contributed by atoms with E-state index < -0.39 is 0 Å². The molecule has 1 aromatic carbocycles. The molecule has 0 amide bonds. The normalized spacial score (nSPS) is 29.0. The zero-order chi connectivity index (χ0) is 38.3. The van der Waals surface area contributed by atoms with E-state index in [0.717, 1.165) is 121 Å². The van der Waals surface area contributed by atoms with Crippen molar-refractivity contribution in [1.82, 2.24) is 39.7 Å². The number of thiazole rings is 1. The Balaban J connectivity index is 0.845. The Labute approximate surface area is 334 Å². The minimum absolute atomic E-state index is 0.0149. The van der Waals surface area contributed by atoms with Crippen LogP contribution in [0.1, 0.15) is 75.6 Å². The second-order valence-electron chi connectivity index (χ2n) is 18.9. The third-order valence-electron chi connectivity index (χ3n) is 13.9. The number of ether oxygens (including phenoxy) is 1. The third kappa shape index (κ3) is 6.60. The third-order valence-corrected chi connectivity index (χ3v) is 14.8. The number of fused-ring (bicyclic) bond motifs is 2. The molecular weight excluding hydrogens is 717 g/mol. The van der Waals surface area contributed by atoms with E-state index in [2.05, 4.69) is 88.9 Å². The Kier molecular flexibility index (Phi) is 8.81. The first-order valence-corrected chi connectivity index (χ1v) is 21.6. The number of piperazine rings is 1. The van der Waals surface area contributed by atoms with E-state index in [1.165, 1.54) is 43.4 Å². The number of pyridine rings is 1. The molecule has 0 spiro atoms. The van der Waals surface area contributed by atoms with E-state index in [-0.39, 0.29) is 11.0 Å². The number of rotatable bonds is 10. The van der Waals surface area contributed by atoms with Gasteiger partial charge in [-0.3, -0.25) is 9.58 Å².